The average molecular weight is 260 g/mol. The molecule has 0 aromatic rings. The van der Waals surface area contributed by atoms with Crippen molar-refractivity contribution in [2.24, 2.45) is 0 Å². The number of ether oxygens (including phenoxy) is 2. The van der Waals surface area contributed by atoms with Crippen LogP contribution < -0.4 is 10.6 Å². The number of carbonyl (C=O) groups is 1. The number of rotatable bonds is 6. The fourth-order valence-corrected chi connectivity index (χ4v) is 1.32. The topological polar surface area (TPSA) is 59.6 Å². The Bertz CT molecular complexity index is 249. The molecule has 0 aliphatic rings. The summed E-state index contributed by atoms with van der Waals surface area (Å²) < 4.78 is 10.5. The molecule has 0 saturated carbocycles. The van der Waals surface area contributed by atoms with Gasteiger partial charge in [0.15, 0.2) is 0 Å². The fourth-order valence-electron chi connectivity index (χ4n) is 1.32. The van der Waals surface area contributed by atoms with Crippen LogP contribution in [0.2, 0.25) is 0 Å². The van der Waals surface area contributed by atoms with Gasteiger partial charge in [0.2, 0.25) is 0 Å². The second-order valence-corrected chi connectivity index (χ2v) is 5.76. The fraction of sp³-hybridized carbons (Fsp3) is 0.923. The lowest BCUT2D eigenvalue weighted by Crippen LogP contribution is -2.51. The zero-order chi connectivity index (χ0) is 14.3. The van der Waals surface area contributed by atoms with Gasteiger partial charge in [-0.15, -0.1) is 0 Å². The number of amides is 1. The van der Waals surface area contributed by atoms with E-state index >= 15 is 0 Å². The SMILES string of the molecule is CO[C@H](C)[C@@H](CNC(C)C)NC(=O)OC(C)(C)C. The minimum atomic E-state index is -0.490. The molecule has 1 amide bonds. The summed E-state index contributed by atoms with van der Waals surface area (Å²) in [7, 11) is 1.63. The molecule has 2 atom stereocenters. The average Bonchev–Trinajstić information content (AvgIpc) is 2.20. The third-order valence-corrected chi connectivity index (χ3v) is 2.39. The molecule has 0 aliphatic carbocycles. The summed E-state index contributed by atoms with van der Waals surface area (Å²) in [5, 5.41) is 6.11. The minimum Gasteiger partial charge on any atom is -0.444 e. The summed E-state index contributed by atoms with van der Waals surface area (Å²) in [6.45, 7) is 12.2. The van der Waals surface area contributed by atoms with Crippen molar-refractivity contribution in [3.63, 3.8) is 0 Å². The third kappa shape index (κ3) is 8.31. The molecule has 0 heterocycles. The molecule has 5 nitrogen and oxygen atoms in total. The first-order valence-corrected chi connectivity index (χ1v) is 6.41. The van der Waals surface area contributed by atoms with Gasteiger partial charge in [0, 0.05) is 19.7 Å². The van der Waals surface area contributed by atoms with Crippen LogP contribution in [0.4, 0.5) is 4.79 Å². The predicted molar refractivity (Wildman–Crippen MR) is 72.8 cm³/mol. The summed E-state index contributed by atoms with van der Waals surface area (Å²) in [5.41, 5.74) is -0.490. The number of carbonyl (C=O) groups excluding carboxylic acids is 1. The van der Waals surface area contributed by atoms with E-state index in [-0.39, 0.29) is 12.1 Å². The monoisotopic (exact) mass is 260 g/mol. The van der Waals surface area contributed by atoms with Gasteiger partial charge in [0.1, 0.15) is 5.60 Å². The first-order valence-electron chi connectivity index (χ1n) is 6.41. The highest BCUT2D eigenvalue weighted by Crippen LogP contribution is 2.07. The lowest BCUT2D eigenvalue weighted by atomic mass is 10.1. The van der Waals surface area contributed by atoms with E-state index in [9.17, 15) is 4.79 Å². The van der Waals surface area contributed by atoms with E-state index in [4.69, 9.17) is 9.47 Å². The summed E-state index contributed by atoms with van der Waals surface area (Å²) in [6.07, 6.45) is -0.495. The van der Waals surface area contributed by atoms with Crippen molar-refractivity contribution in [2.45, 2.75) is 65.3 Å². The molecule has 0 aromatic heterocycles. The van der Waals surface area contributed by atoms with Crippen LogP contribution in [0.15, 0.2) is 0 Å². The number of hydrogen-bond donors (Lipinski definition) is 2. The van der Waals surface area contributed by atoms with Gasteiger partial charge >= 0.3 is 6.09 Å². The molecule has 108 valence electrons. The molecule has 0 rings (SSSR count). The van der Waals surface area contributed by atoms with Gasteiger partial charge in [-0.1, -0.05) is 13.8 Å². The Balaban J connectivity index is 4.35. The van der Waals surface area contributed by atoms with Crippen LogP contribution >= 0.6 is 0 Å². The molecule has 0 fully saturated rings. The maximum Gasteiger partial charge on any atom is 0.408 e. The predicted octanol–water partition coefficient (Wildman–Crippen LogP) is 1.91. The van der Waals surface area contributed by atoms with Crippen LogP contribution in [0.5, 0.6) is 0 Å². The molecule has 0 radical (unpaired) electrons. The Morgan fingerprint density at radius 3 is 2.17 bits per heavy atom. The maximum atomic E-state index is 11.7. The van der Waals surface area contributed by atoms with Gasteiger partial charge in [0.05, 0.1) is 12.1 Å². The van der Waals surface area contributed by atoms with Crippen molar-refractivity contribution < 1.29 is 14.3 Å². The minimum absolute atomic E-state index is 0.0798. The summed E-state index contributed by atoms with van der Waals surface area (Å²) in [5.74, 6) is 0. The number of methoxy groups -OCH3 is 1. The van der Waals surface area contributed by atoms with Crippen LogP contribution in [0.25, 0.3) is 0 Å². The van der Waals surface area contributed by atoms with Crippen LogP contribution in [0, 0.1) is 0 Å². The van der Waals surface area contributed by atoms with Crippen LogP contribution in [-0.2, 0) is 9.47 Å². The highest BCUT2D eigenvalue weighted by molar-refractivity contribution is 5.68. The molecule has 0 bridgehead atoms. The zero-order valence-corrected chi connectivity index (χ0v) is 12.7. The van der Waals surface area contributed by atoms with Crippen molar-refractivity contribution in [1.29, 1.82) is 0 Å². The Morgan fingerprint density at radius 1 is 1.22 bits per heavy atom. The molecule has 2 N–H and O–H groups in total. The van der Waals surface area contributed by atoms with E-state index in [0.29, 0.717) is 12.6 Å². The second-order valence-electron chi connectivity index (χ2n) is 5.76. The van der Waals surface area contributed by atoms with Gasteiger partial charge in [0.25, 0.3) is 0 Å². The van der Waals surface area contributed by atoms with Crippen molar-refractivity contribution >= 4 is 6.09 Å². The van der Waals surface area contributed by atoms with E-state index in [2.05, 4.69) is 24.5 Å². The van der Waals surface area contributed by atoms with Crippen LogP contribution in [0.3, 0.4) is 0 Å². The van der Waals surface area contributed by atoms with E-state index in [0.717, 1.165) is 0 Å². The first-order chi connectivity index (χ1) is 8.15. The Kier molecular flexibility index (Phi) is 7.25. The molecular formula is C13H28N2O3. The van der Waals surface area contributed by atoms with E-state index < -0.39 is 11.7 Å². The first kappa shape index (κ1) is 17.2. The van der Waals surface area contributed by atoms with E-state index in [1.165, 1.54) is 0 Å². The molecule has 0 unspecified atom stereocenters. The van der Waals surface area contributed by atoms with Gasteiger partial charge < -0.3 is 20.1 Å². The zero-order valence-electron chi connectivity index (χ0n) is 12.7. The molecular weight excluding hydrogens is 232 g/mol. The normalized spacial score (nSPS) is 15.3. The Morgan fingerprint density at radius 2 is 1.78 bits per heavy atom. The van der Waals surface area contributed by atoms with Gasteiger partial charge in [-0.3, -0.25) is 0 Å². The summed E-state index contributed by atoms with van der Waals surface area (Å²) in [6, 6.07) is 0.240. The van der Waals surface area contributed by atoms with Gasteiger partial charge in [-0.25, -0.2) is 4.79 Å². The Labute approximate surface area is 111 Å². The lowest BCUT2D eigenvalue weighted by molar-refractivity contribution is 0.0370. The van der Waals surface area contributed by atoms with Crippen molar-refractivity contribution in [3.05, 3.63) is 0 Å². The van der Waals surface area contributed by atoms with Crippen molar-refractivity contribution in [3.8, 4) is 0 Å². The molecule has 0 aliphatic heterocycles. The molecule has 0 saturated heterocycles. The molecule has 5 heteroatoms. The molecule has 18 heavy (non-hydrogen) atoms. The Hall–Kier alpha value is -0.810. The number of nitrogens with one attached hydrogen (secondary N) is 2. The molecule has 0 aromatic carbocycles. The maximum absolute atomic E-state index is 11.7. The smallest absolute Gasteiger partial charge is 0.408 e. The van der Waals surface area contributed by atoms with E-state index in [1.54, 1.807) is 7.11 Å². The highest BCUT2D eigenvalue weighted by atomic mass is 16.6. The summed E-state index contributed by atoms with van der Waals surface area (Å²) in [4.78, 5) is 11.7. The van der Waals surface area contributed by atoms with Crippen LogP contribution in [0.1, 0.15) is 41.5 Å². The number of alkyl carbamates (subject to hydrolysis) is 1. The molecule has 0 spiro atoms. The lowest BCUT2D eigenvalue weighted by Gasteiger charge is -2.27. The van der Waals surface area contributed by atoms with Crippen molar-refractivity contribution in [1.82, 2.24) is 10.6 Å². The van der Waals surface area contributed by atoms with Gasteiger partial charge in [-0.05, 0) is 27.7 Å². The van der Waals surface area contributed by atoms with E-state index in [1.807, 2.05) is 27.7 Å². The highest BCUT2D eigenvalue weighted by Gasteiger charge is 2.23. The summed E-state index contributed by atoms with van der Waals surface area (Å²) >= 11 is 0. The standard InChI is InChI=1S/C13H28N2O3/c1-9(2)14-8-11(10(3)17-7)15-12(16)18-13(4,5)6/h9-11,14H,8H2,1-7H3,(H,15,16)/t10-,11-/m1/s1. The van der Waals surface area contributed by atoms with Crippen LogP contribution in [-0.4, -0.2) is 43.5 Å². The van der Waals surface area contributed by atoms with Crippen molar-refractivity contribution in [2.75, 3.05) is 13.7 Å². The second kappa shape index (κ2) is 7.59. The van der Waals surface area contributed by atoms with Gasteiger partial charge in [-0.2, -0.15) is 0 Å². The number of hydrogen-bond acceptors (Lipinski definition) is 4. The quantitative estimate of drug-likeness (QED) is 0.766. The third-order valence-electron chi connectivity index (χ3n) is 2.39. The largest absolute Gasteiger partial charge is 0.444 e.